The third-order valence-electron chi connectivity index (χ3n) is 3.40. The smallest absolute Gasteiger partial charge is 0.387 e. The van der Waals surface area contributed by atoms with Crippen molar-refractivity contribution in [3.05, 3.63) is 57.5 Å². The van der Waals surface area contributed by atoms with E-state index in [-0.39, 0.29) is 35.8 Å². The lowest BCUT2D eigenvalue weighted by Crippen LogP contribution is -2.14. The molecule has 2 aromatic heterocycles. The highest BCUT2D eigenvalue weighted by molar-refractivity contribution is 7.15. The SMILES string of the molecule is CCOc1cc(C(=O)OCc2cc(=O)n3ccsc3n2)ccc1OC(F)F. The van der Waals surface area contributed by atoms with Gasteiger partial charge in [-0.15, -0.1) is 11.3 Å². The molecule has 0 N–H and O–H groups in total. The first-order valence-corrected chi connectivity index (χ1v) is 8.70. The zero-order valence-electron chi connectivity index (χ0n) is 14.1. The molecule has 7 nitrogen and oxygen atoms in total. The van der Waals surface area contributed by atoms with Crippen LogP contribution >= 0.6 is 11.3 Å². The van der Waals surface area contributed by atoms with Gasteiger partial charge in [0.15, 0.2) is 16.5 Å². The number of halogens is 2. The Morgan fingerprint density at radius 2 is 2.11 bits per heavy atom. The van der Waals surface area contributed by atoms with Crippen LogP contribution in [0.4, 0.5) is 8.78 Å². The van der Waals surface area contributed by atoms with E-state index in [1.54, 1.807) is 18.5 Å². The molecule has 2 heterocycles. The molecule has 3 aromatic rings. The number of fused-ring (bicyclic) bond motifs is 1. The van der Waals surface area contributed by atoms with Crippen LogP contribution in [0, 0.1) is 0 Å². The molecule has 3 rings (SSSR count). The number of benzene rings is 1. The van der Waals surface area contributed by atoms with E-state index in [0.717, 1.165) is 0 Å². The molecule has 0 fully saturated rings. The fourth-order valence-electron chi connectivity index (χ4n) is 2.28. The third-order valence-corrected chi connectivity index (χ3v) is 4.16. The van der Waals surface area contributed by atoms with Crippen LogP contribution in [0.1, 0.15) is 23.0 Å². The summed E-state index contributed by atoms with van der Waals surface area (Å²) >= 11 is 1.28. The molecular formula is C17H14F2N2O5S. The number of ether oxygens (including phenoxy) is 3. The van der Waals surface area contributed by atoms with Crippen LogP contribution < -0.4 is 15.0 Å². The van der Waals surface area contributed by atoms with Gasteiger partial charge in [0, 0.05) is 17.6 Å². The number of hydrogen-bond donors (Lipinski definition) is 0. The average molecular weight is 396 g/mol. The van der Waals surface area contributed by atoms with Crippen LogP contribution in [0.15, 0.2) is 40.6 Å². The van der Waals surface area contributed by atoms with Gasteiger partial charge in [-0.05, 0) is 25.1 Å². The maximum atomic E-state index is 12.4. The summed E-state index contributed by atoms with van der Waals surface area (Å²) in [5.74, 6) is -0.891. The molecule has 27 heavy (non-hydrogen) atoms. The van der Waals surface area contributed by atoms with Crippen LogP contribution in [0.25, 0.3) is 4.96 Å². The number of alkyl halides is 2. The first kappa shape index (κ1) is 18.8. The van der Waals surface area contributed by atoms with Gasteiger partial charge in [0.25, 0.3) is 5.56 Å². The predicted molar refractivity (Wildman–Crippen MR) is 92.7 cm³/mol. The lowest BCUT2D eigenvalue weighted by molar-refractivity contribution is -0.0514. The number of esters is 1. The Morgan fingerprint density at radius 3 is 2.85 bits per heavy atom. The highest BCUT2D eigenvalue weighted by Crippen LogP contribution is 2.30. The minimum absolute atomic E-state index is 0.00336. The topological polar surface area (TPSA) is 79.1 Å². The van der Waals surface area contributed by atoms with E-state index in [1.807, 2.05) is 0 Å². The molecule has 0 saturated heterocycles. The summed E-state index contributed by atoms with van der Waals surface area (Å²) in [6, 6.07) is 5.02. The fourth-order valence-corrected chi connectivity index (χ4v) is 3.02. The molecule has 0 saturated carbocycles. The molecule has 0 bridgehead atoms. The van der Waals surface area contributed by atoms with Gasteiger partial charge in [-0.2, -0.15) is 8.78 Å². The van der Waals surface area contributed by atoms with Gasteiger partial charge in [0.05, 0.1) is 17.9 Å². The van der Waals surface area contributed by atoms with Crippen molar-refractivity contribution in [1.82, 2.24) is 9.38 Å². The molecule has 0 aliphatic heterocycles. The second kappa shape index (κ2) is 8.12. The molecule has 0 amide bonds. The first-order valence-electron chi connectivity index (χ1n) is 7.82. The van der Waals surface area contributed by atoms with E-state index in [4.69, 9.17) is 9.47 Å². The quantitative estimate of drug-likeness (QED) is 0.571. The van der Waals surface area contributed by atoms with Crippen LogP contribution in [0.5, 0.6) is 11.5 Å². The Morgan fingerprint density at radius 1 is 1.30 bits per heavy atom. The lowest BCUT2D eigenvalue weighted by Gasteiger charge is -2.12. The summed E-state index contributed by atoms with van der Waals surface area (Å²) < 4.78 is 41.0. The summed E-state index contributed by atoms with van der Waals surface area (Å²) in [5, 5.41) is 1.72. The normalized spacial score (nSPS) is 11.0. The Labute approximate surface area is 155 Å². The highest BCUT2D eigenvalue weighted by Gasteiger charge is 2.16. The second-order valence-corrected chi connectivity index (χ2v) is 6.06. The predicted octanol–water partition coefficient (Wildman–Crippen LogP) is 3.11. The standard InChI is InChI=1S/C17H14F2N2O5S/c1-2-24-13-7-10(3-4-12(13)26-16(18)19)15(23)25-9-11-8-14(22)21-5-6-27-17(21)20-11/h3-8,16H,2,9H2,1H3. The monoisotopic (exact) mass is 396 g/mol. The van der Waals surface area contributed by atoms with Crippen molar-refractivity contribution in [2.24, 2.45) is 0 Å². The molecule has 142 valence electrons. The van der Waals surface area contributed by atoms with Crippen molar-refractivity contribution in [1.29, 1.82) is 0 Å². The van der Waals surface area contributed by atoms with Gasteiger partial charge in [0.2, 0.25) is 0 Å². The zero-order valence-corrected chi connectivity index (χ0v) is 14.9. The second-order valence-electron chi connectivity index (χ2n) is 5.19. The Kier molecular flexibility index (Phi) is 5.65. The molecule has 0 atom stereocenters. The lowest BCUT2D eigenvalue weighted by atomic mass is 10.2. The largest absolute Gasteiger partial charge is 0.490 e. The number of carbonyl (C=O) groups is 1. The maximum Gasteiger partial charge on any atom is 0.387 e. The third kappa shape index (κ3) is 4.40. The van der Waals surface area contributed by atoms with Crippen molar-refractivity contribution >= 4 is 22.3 Å². The molecule has 0 spiro atoms. The molecule has 0 aliphatic rings. The number of nitrogens with zero attached hydrogens (tertiary/aromatic N) is 2. The van der Waals surface area contributed by atoms with Crippen LogP contribution in [0.2, 0.25) is 0 Å². The van der Waals surface area contributed by atoms with Crippen molar-refractivity contribution in [2.75, 3.05) is 6.61 Å². The zero-order chi connectivity index (χ0) is 19.4. The van der Waals surface area contributed by atoms with Gasteiger partial charge < -0.3 is 14.2 Å². The first-order chi connectivity index (χ1) is 13.0. The van der Waals surface area contributed by atoms with Gasteiger partial charge >= 0.3 is 12.6 Å². The van der Waals surface area contributed by atoms with E-state index in [0.29, 0.717) is 10.7 Å². The van der Waals surface area contributed by atoms with Crippen molar-refractivity contribution in [3.8, 4) is 11.5 Å². The number of rotatable bonds is 7. The number of aromatic nitrogens is 2. The summed E-state index contributed by atoms with van der Waals surface area (Å²) in [6.07, 6.45) is 1.60. The van der Waals surface area contributed by atoms with E-state index in [1.165, 1.54) is 40.0 Å². The molecular weight excluding hydrogens is 382 g/mol. The molecule has 1 aromatic carbocycles. The minimum atomic E-state index is -3.01. The fraction of sp³-hybridized carbons (Fsp3) is 0.235. The molecule has 0 aliphatic carbocycles. The Balaban J connectivity index is 1.74. The van der Waals surface area contributed by atoms with Crippen molar-refractivity contribution < 1.29 is 27.8 Å². The van der Waals surface area contributed by atoms with E-state index < -0.39 is 12.6 Å². The van der Waals surface area contributed by atoms with Crippen molar-refractivity contribution in [3.63, 3.8) is 0 Å². The van der Waals surface area contributed by atoms with Gasteiger partial charge in [-0.25, -0.2) is 9.78 Å². The molecule has 0 unspecified atom stereocenters. The van der Waals surface area contributed by atoms with E-state index in [9.17, 15) is 18.4 Å². The van der Waals surface area contributed by atoms with Crippen LogP contribution in [0.3, 0.4) is 0 Å². The number of hydrogen-bond acceptors (Lipinski definition) is 7. The van der Waals surface area contributed by atoms with Crippen LogP contribution in [-0.4, -0.2) is 28.6 Å². The summed E-state index contributed by atoms with van der Waals surface area (Å²) in [7, 11) is 0. The molecule has 0 radical (unpaired) electrons. The van der Waals surface area contributed by atoms with Crippen LogP contribution in [-0.2, 0) is 11.3 Å². The Bertz CT molecular complexity index is 1020. The average Bonchev–Trinajstić information content (AvgIpc) is 3.10. The van der Waals surface area contributed by atoms with Gasteiger partial charge in [0.1, 0.15) is 6.61 Å². The maximum absolute atomic E-state index is 12.4. The molecule has 10 heteroatoms. The van der Waals surface area contributed by atoms with E-state index in [2.05, 4.69) is 9.72 Å². The summed E-state index contributed by atoms with van der Waals surface area (Å²) in [5.41, 5.74) is 0.118. The summed E-state index contributed by atoms with van der Waals surface area (Å²) in [6.45, 7) is -1.35. The minimum Gasteiger partial charge on any atom is -0.490 e. The van der Waals surface area contributed by atoms with E-state index >= 15 is 0 Å². The Hall–Kier alpha value is -3.01. The highest BCUT2D eigenvalue weighted by atomic mass is 32.1. The number of carbonyl (C=O) groups excluding carboxylic acids is 1. The van der Waals surface area contributed by atoms with Gasteiger partial charge in [-0.3, -0.25) is 9.20 Å². The van der Waals surface area contributed by atoms with Crippen molar-refractivity contribution in [2.45, 2.75) is 20.1 Å². The summed E-state index contributed by atoms with van der Waals surface area (Å²) in [4.78, 5) is 28.9. The number of thiazole rings is 1. The van der Waals surface area contributed by atoms with Gasteiger partial charge in [-0.1, -0.05) is 0 Å².